The number of carbonyl (C=O) groups is 1. The first kappa shape index (κ1) is 15.7. The first-order valence-corrected chi connectivity index (χ1v) is 7.94. The van der Waals surface area contributed by atoms with E-state index in [0.29, 0.717) is 19.8 Å². The van der Waals surface area contributed by atoms with Crippen LogP contribution in [0.4, 0.5) is 0 Å². The van der Waals surface area contributed by atoms with Crippen molar-refractivity contribution in [3.05, 3.63) is 71.8 Å². The van der Waals surface area contributed by atoms with E-state index >= 15 is 0 Å². The molecular formula is C19H21NO3. The molecular weight excluding hydrogens is 290 g/mol. The maximum absolute atomic E-state index is 12.3. The van der Waals surface area contributed by atoms with Crippen LogP contribution in [0.1, 0.15) is 24.1 Å². The second-order valence-corrected chi connectivity index (χ2v) is 5.57. The van der Waals surface area contributed by atoms with E-state index in [1.165, 1.54) is 0 Å². The van der Waals surface area contributed by atoms with E-state index in [9.17, 15) is 4.79 Å². The number of hydroxylamine groups is 2. The van der Waals surface area contributed by atoms with Crippen molar-refractivity contribution >= 4 is 5.97 Å². The van der Waals surface area contributed by atoms with Gasteiger partial charge in [0, 0.05) is 6.54 Å². The minimum atomic E-state index is -0.305. The molecule has 1 aliphatic rings. The minimum Gasteiger partial charge on any atom is -0.466 e. The lowest BCUT2D eigenvalue weighted by Gasteiger charge is -2.25. The highest BCUT2D eigenvalue weighted by Crippen LogP contribution is 2.37. The summed E-state index contributed by atoms with van der Waals surface area (Å²) in [6.07, 6.45) is 0. The first-order valence-electron chi connectivity index (χ1n) is 7.94. The van der Waals surface area contributed by atoms with Gasteiger partial charge in [-0.3, -0.25) is 9.63 Å². The third-order valence-electron chi connectivity index (χ3n) is 4.02. The van der Waals surface area contributed by atoms with Crippen molar-refractivity contribution in [2.75, 3.05) is 13.2 Å². The number of nitrogens with zero attached hydrogens (tertiary/aromatic N) is 1. The van der Waals surface area contributed by atoms with Gasteiger partial charge in [-0.1, -0.05) is 60.7 Å². The lowest BCUT2D eigenvalue weighted by atomic mass is 9.94. The minimum absolute atomic E-state index is 0.129. The third kappa shape index (κ3) is 3.60. The average Bonchev–Trinajstić information content (AvgIpc) is 3.00. The fraction of sp³-hybridized carbons (Fsp3) is 0.316. The van der Waals surface area contributed by atoms with Gasteiger partial charge in [-0.25, -0.2) is 0 Å². The van der Waals surface area contributed by atoms with Crippen LogP contribution < -0.4 is 0 Å². The van der Waals surface area contributed by atoms with Crippen LogP contribution in [-0.4, -0.2) is 24.2 Å². The maximum Gasteiger partial charge on any atom is 0.313 e. The molecule has 0 saturated carbocycles. The van der Waals surface area contributed by atoms with Crippen molar-refractivity contribution < 1.29 is 14.4 Å². The normalized spacial score (nSPS) is 21.3. The second kappa shape index (κ2) is 7.40. The second-order valence-electron chi connectivity index (χ2n) is 5.57. The number of hydrogen-bond donors (Lipinski definition) is 0. The Hall–Kier alpha value is -2.17. The van der Waals surface area contributed by atoms with Gasteiger partial charge in [0.2, 0.25) is 0 Å². The molecule has 1 saturated heterocycles. The average molecular weight is 311 g/mol. The Morgan fingerprint density at radius 1 is 1.13 bits per heavy atom. The van der Waals surface area contributed by atoms with Crippen LogP contribution in [0.2, 0.25) is 0 Å². The zero-order valence-corrected chi connectivity index (χ0v) is 13.2. The van der Waals surface area contributed by atoms with Gasteiger partial charge >= 0.3 is 5.97 Å². The number of hydrogen-bond acceptors (Lipinski definition) is 4. The molecule has 2 aromatic rings. The molecule has 1 heterocycles. The predicted octanol–water partition coefficient (Wildman–Crippen LogP) is 3.35. The van der Waals surface area contributed by atoms with E-state index in [0.717, 1.165) is 11.1 Å². The molecule has 0 unspecified atom stereocenters. The summed E-state index contributed by atoms with van der Waals surface area (Å²) in [4.78, 5) is 18.1. The summed E-state index contributed by atoms with van der Waals surface area (Å²) in [5, 5.41) is 1.90. The molecule has 120 valence electrons. The first-order chi connectivity index (χ1) is 11.3. The van der Waals surface area contributed by atoms with Crippen molar-refractivity contribution in [1.82, 2.24) is 5.06 Å². The Balaban J connectivity index is 1.85. The molecule has 1 fully saturated rings. The Kier molecular flexibility index (Phi) is 5.05. The Morgan fingerprint density at radius 3 is 2.43 bits per heavy atom. The predicted molar refractivity (Wildman–Crippen MR) is 87.2 cm³/mol. The SMILES string of the molecule is CCOC(=O)[C@H]1CON(Cc2ccccc2)[C@H]1c1ccccc1. The Bertz CT molecular complexity index is 630. The van der Waals surface area contributed by atoms with E-state index in [4.69, 9.17) is 9.57 Å². The number of esters is 1. The summed E-state index contributed by atoms with van der Waals surface area (Å²) < 4.78 is 5.23. The lowest BCUT2D eigenvalue weighted by molar-refractivity contribution is -0.148. The summed E-state index contributed by atoms with van der Waals surface area (Å²) in [6, 6.07) is 20.0. The van der Waals surface area contributed by atoms with Gasteiger partial charge in [0.05, 0.1) is 19.3 Å². The molecule has 3 rings (SSSR count). The zero-order valence-electron chi connectivity index (χ0n) is 13.2. The Morgan fingerprint density at radius 2 is 1.78 bits per heavy atom. The summed E-state index contributed by atoms with van der Waals surface area (Å²) in [5.74, 6) is -0.502. The van der Waals surface area contributed by atoms with Gasteiger partial charge in [0.25, 0.3) is 0 Å². The molecule has 0 aromatic heterocycles. The number of rotatable bonds is 5. The highest BCUT2D eigenvalue weighted by molar-refractivity contribution is 5.74. The monoisotopic (exact) mass is 311 g/mol. The fourth-order valence-electron chi connectivity index (χ4n) is 2.95. The third-order valence-corrected chi connectivity index (χ3v) is 4.02. The molecule has 0 aliphatic carbocycles. The molecule has 0 N–H and O–H groups in total. The van der Waals surface area contributed by atoms with E-state index in [-0.39, 0.29) is 17.9 Å². The van der Waals surface area contributed by atoms with Crippen molar-refractivity contribution in [2.24, 2.45) is 5.92 Å². The van der Waals surface area contributed by atoms with Gasteiger partial charge in [-0.2, -0.15) is 5.06 Å². The van der Waals surface area contributed by atoms with Crippen molar-refractivity contribution in [3.63, 3.8) is 0 Å². The highest BCUT2D eigenvalue weighted by atomic mass is 16.7. The van der Waals surface area contributed by atoms with Crippen LogP contribution in [-0.2, 0) is 20.9 Å². The van der Waals surface area contributed by atoms with E-state index in [2.05, 4.69) is 12.1 Å². The number of carbonyl (C=O) groups excluding carboxylic acids is 1. The summed E-state index contributed by atoms with van der Waals surface area (Å²) in [6.45, 7) is 3.20. The molecule has 2 atom stereocenters. The highest BCUT2D eigenvalue weighted by Gasteiger charge is 2.42. The smallest absolute Gasteiger partial charge is 0.313 e. The molecule has 0 amide bonds. The maximum atomic E-state index is 12.3. The molecule has 0 bridgehead atoms. The van der Waals surface area contributed by atoms with Gasteiger partial charge in [-0.15, -0.1) is 0 Å². The molecule has 4 heteroatoms. The van der Waals surface area contributed by atoms with Gasteiger partial charge in [0.1, 0.15) is 5.92 Å². The van der Waals surface area contributed by atoms with Crippen LogP contribution in [0.5, 0.6) is 0 Å². The fourth-order valence-corrected chi connectivity index (χ4v) is 2.95. The van der Waals surface area contributed by atoms with Crippen LogP contribution in [0, 0.1) is 5.92 Å². The van der Waals surface area contributed by atoms with Gasteiger partial charge < -0.3 is 4.74 Å². The van der Waals surface area contributed by atoms with Crippen LogP contribution in [0.25, 0.3) is 0 Å². The largest absolute Gasteiger partial charge is 0.466 e. The van der Waals surface area contributed by atoms with Crippen molar-refractivity contribution in [3.8, 4) is 0 Å². The quantitative estimate of drug-likeness (QED) is 0.794. The van der Waals surface area contributed by atoms with E-state index < -0.39 is 0 Å². The van der Waals surface area contributed by atoms with Crippen LogP contribution in [0.15, 0.2) is 60.7 Å². The summed E-state index contributed by atoms with van der Waals surface area (Å²) >= 11 is 0. The molecule has 0 spiro atoms. The number of ether oxygens (including phenoxy) is 1. The Labute approximate surface area is 136 Å². The van der Waals surface area contributed by atoms with Gasteiger partial charge in [0.15, 0.2) is 0 Å². The molecule has 1 aliphatic heterocycles. The topological polar surface area (TPSA) is 38.8 Å². The van der Waals surface area contributed by atoms with Crippen molar-refractivity contribution in [2.45, 2.75) is 19.5 Å². The van der Waals surface area contributed by atoms with E-state index in [1.54, 1.807) is 0 Å². The summed E-state index contributed by atoms with van der Waals surface area (Å²) in [7, 11) is 0. The molecule has 23 heavy (non-hydrogen) atoms. The van der Waals surface area contributed by atoms with E-state index in [1.807, 2.05) is 60.5 Å². The zero-order chi connectivity index (χ0) is 16.1. The van der Waals surface area contributed by atoms with Crippen LogP contribution in [0.3, 0.4) is 0 Å². The standard InChI is InChI=1S/C19H21NO3/c1-2-22-19(21)17-14-23-20(13-15-9-5-3-6-10-15)18(17)16-11-7-4-8-12-16/h3-12,17-18H,2,13-14H2,1H3/t17-,18-/m0/s1. The number of benzene rings is 2. The molecule has 2 aromatic carbocycles. The molecule has 4 nitrogen and oxygen atoms in total. The van der Waals surface area contributed by atoms with Crippen molar-refractivity contribution in [1.29, 1.82) is 0 Å². The van der Waals surface area contributed by atoms with Gasteiger partial charge in [-0.05, 0) is 18.1 Å². The van der Waals surface area contributed by atoms with Crippen LogP contribution >= 0.6 is 0 Å². The molecule has 0 radical (unpaired) electrons. The lowest BCUT2D eigenvalue weighted by Crippen LogP contribution is -2.29. The summed E-state index contributed by atoms with van der Waals surface area (Å²) in [5.41, 5.74) is 2.22.